The van der Waals surface area contributed by atoms with Gasteiger partial charge in [-0.2, -0.15) is 5.06 Å². The Hall–Kier alpha value is -3.80. The van der Waals surface area contributed by atoms with Crippen LogP contribution in [0.2, 0.25) is 0 Å². The molecule has 9 atom stereocenters. The Labute approximate surface area is 314 Å². The molecule has 4 fully saturated rings. The Morgan fingerprint density at radius 1 is 1.06 bits per heavy atom. The number of hydroxylamine groups is 2. The van der Waals surface area contributed by atoms with Gasteiger partial charge in [-0.1, -0.05) is 81.4 Å². The maximum absolute atomic E-state index is 14.2. The first kappa shape index (κ1) is 38.9. The number of rotatable bonds is 14. The molecule has 3 aliphatic carbocycles. The van der Waals surface area contributed by atoms with Crippen molar-refractivity contribution in [3.05, 3.63) is 89.5 Å². The molecule has 10 nitrogen and oxygen atoms in total. The summed E-state index contributed by atoms with van der Waals surface area (Å²) < 4.78 is 6.02. The van der Waals surface area contributed by atoms with Gasteiger partial charge in [-0.3, -0.25) is 14.4 Å². The Morgan fingerprint density at radius 3 is 2.43 bits per heavy atom. The molecule has 2 amide bonds. The summed E-state index contributed by atoms with van der Waals surface area (Å²) in [5.74, 6) is 1.08. The highest BCUT2D eigenvalue weighted by Gasteiger charge is 2.57. The molecule has 0 spiro atoms. The summed E-state index contributed by atoms with van der Waals surface area (Å²) in [5.41, 5.74) is 4.35. The second kappa shape index (κ2) is 16.3. The van der Waals surface area contributed by atoms with Crippen LogP contribution in [0, 0.1) is 29.1 Å². The Kier molecular flexibility index (Phi) is 12.0. The van der Waals surface area contributed by atoms with Crippen molar-refractivity contribution in [3.63, 3.8) is 0 Å². The van der Waals surface area contributed by atoms with Crippen LogP contribution in [0.3, 0.4) is 0 Å². The smallest absolute Gasteiger partial charge is 0.251 e. The summed E-state index contributed by atoms with van der Waals surface area (Å²) in [4.78, 5) is 36.2. The van der Waals surface area contributed by atoms with Crippen LogP contribution in [0.15, 0.2) is 72.8 Å². The number of aliphatic hydroxyl groups excluding tert-OH is 2. The lowest BCUT2D eigenvalue weighted by molar-refractivity contribution is -0.183. The van der Waals surface area contributed by atoms with Gasteiger partial charge in [0, 0.05) is 41.2 Å². The molecule has 0 aromatic heterocycles. The van der Waals surface area contributed by atoms with Gasteiger partial charge in [0.2, 0.25) is 5.91 Å². The van der Waals surface area contributed by atoms with Crippen molar-refractivity contribution in [3.8, 4) is 16.9 Å². The molecule has 0 radical (unpaired) electrons. The summed E-state index contributed by atoms with van der Waals surface area (Å²) >= 11 is 0. The zero-order valence-corrected chi connectivity index (χ0v) is 32.3. The first-order chi connectivity index (χ1) is 25.3. The predicted molar refractivity (Wildman–Crippen MR) is 206 cm³/mol. The van der Waals surface area contributed by atoms with E-state index >= 15 is 0 Å². The van der Waals surface area contributed by atoms with Gasteiger partial charge in [-0.25, -0.2) is 0 Å². The van der Waals surface area contributed by atoms with Crippen molar-refractivity contribution in [2.24, 2.45) is 29.1 Å². The van der Waals surface area contributed by atoms with Crippen molar-refractivity contribution in [2.75, 3.05) is 34.4 Å². The van der Waals surface area contributed by atoms with Gasteiger partial charge < -0.3 is 30.5 Å². The van der Waals surface area contributed by atoms with Crippen LogP contribution in [0.4, 0.5) is 0 Å². The van der Waals surface area contributed by atoms with Crippen molar-refractivity contribution in [1.29, 1.82) is 0 Å². The molecule has 53 heavy (non-hydrogen) atoms. The van der Waals surface area contributed by atoms with Gasteiger partial charge in [-0.05, 0) is 86.7 Å². The van der Waals surface area contributed by atoms with Gasteiger partial charge in [0.15, 0.2) is 0 Å². The molecule has 286 valence electrons. The number of nitrogens with zero attached hydrogens (tertiary/aromatic N) is 2. The van der Waals surface area contributed by atoms with E-state index in [2.05, 4.69) is 48.4 Å². The van der Waals surface area contributed by atoms with Crippen LogP contribution in [0.25, 0.3) is 11.1 Å². The number of likely N-dealkylation sites (N-methyl/N-ethyl adjacent to an activating group) is 1. The van der Waals surface area contributed by atoms with Crippen molar-refractivity contribution in [2.45, 2.75) is 83.8 Å². The van der Waals surface area contributed by atoms with Crippen molar-refractivity contribution >= 4 is 11.8 Å². The maximum atomic E-state index is 14.2. The highest BCUT2D eigenvalue weighted by atomic mass is 16.7. The fourth-order valence-electron chi connectivity index (χ4n) is 9.43. The number of hydrogen-bond acceptors (Lipinski definition) is 8. The number of amides is 2. The Morgan fingerprint density at radius 2 is 1.79 bits per heavy atom. The maximum Gasteiger partial charge on any atom is 0.251 e. The van der Waals surface area contributed by atoms with Gasteiger partial charge >= 0.3 is 0 Å². The van der Waals surface area contributed by atoms with Crippen LogP contribution in [0.1, 0.15) is 62.0 Å². The summed E-state index contributed by atoms with van der Waals surface area (Å²) in [5, 5.41) is 29.4. The molecule has 10 heteroatoms. The number of nitrogens with one attached hydrogen (secondary N) is 2. The van der Waals surface area contributed by atoms with Crippen LogP contribution < -0.4 is 15.4 Å². The lowest BCUT2D eigenvalue weighted by Crippen LogP contribution is -2.62. The molecule has 3 aromatic rings. The van der Waals surface area contributed by atoms with Crippen molar-refractivity contribution in [1.82, 2.24) is 20.6 Å². The summed E-state index contributed by atoms with van der Waals surface area (Å²) in [6.07, 6.45) is 1.21. The number of ether oxygens (including phenoxy) is 1. The quantitative estimate of drug-likeness (QED) is 0.185. The fraction of sp³-hybridized carbons (Fsp3) is 0.535. The summed E-state index contributed by atoms with van der Waals surface area (Å²) in [6, 6.07) is 22.6. The summed E-state index contributed by atoms with van der Waals surface area (Å²) in [6.45, 7) is 9.10. The third kappa shape index (κ3) is 8.17. The van der Waals surface area contributed by atoms with Crippen LogP contribution in [-0.4, -0.2) is 96.7 Å². The third-order valence-corrected chi connectivity index (χ3v) is 12.4. The Bertz CT molecular complexity index is 1730. The third-order valence-electron chi connectivity index (χ3n) is 12.4. The van der Waals surface area contributed by atoms with E-state index in [1.807, 2.05) is 74.8 Å². The largest absolute Gasteiger partial charge is 0.496 e. The standard InChI is InChI=1S/C43H58N4O6/c1-26-35-21-32(43(35,3)4)22-36(26)45-42(51)39-38(27(2)49)37(25-48)53-47(39)23-31-17-12-18-34(40(31)52-7)29-15-11-16-30(20-29)41(50)44-33(24-46(5)6)19-28-13-9-8-10-14-28/h8-18,20,26-27,32-33,35-39,48-49H,19,21-25H2,1-7H3,(H,44,50)(H,45,51)/t26-,27-,32-,33-,35+,36+,37-,38+,39-/m0/s1. The van der Waals surface area contributed by atoms with Crippen molar-refractivity contribution < 1.29 is 29.4 Å². The molecule has 1 saturated heterocycles. The number of carbonyl (C=O) groups is 2. The van der Waals surface area contributed by atoms with E-state index in [4.69, 9.17) is 9.57 Å². The van der Waals surface area contributed by atoms with Crippen LogP contribution >= 0.6 is 0 Å². The fourth-order valence-corrected chi connectivity index (χ4v) is 9.43. The molecule has 4 aliphatic rings. The molecule has 0 unspecified atom stereocenters. The zero-order valence-electron chi connectivity index (χ0n) is 32.3. The van der Waals surface area contributed by atoms with Crippen LogP contribution in [0.5, 0.6) is 5.75 Å². The number of methoxy groups -OCH3 is 1. The number of aliphatic hydroxyl groups is 2. The number of para-hydroxylation sites is 1. The summed E-state index contributed by atoms with van der Waals surface area (Å²) in [7, 11) is 5.61. The van der Waals surface area contributed by atoms with Gasteiger partial charge in [0.25, 0.3) is 5.91 Å². The SMILES string of the molecule is COc1c(CN2O[C@@H](CO)[C@@H]([C@H](C)O)[C@H]2C(=O)N[C@@H]2C[C@@H]3C[C@H]([C@@H]2C)C3(C)C)cccc1-c1cccc(C(=O)N[C@@H](Cc2ccccc2)CN(C)C)c1. The molecule has 3 saturated carbocycles. The highest BCUT2D eigenvalue weighted by Crippen LogP contribution is 2.61. The topological polar surface area (TPSA) is 124 Å². The average molecular weight is 727 g/mol. The van der Waals surface area contributed by atoms with E-state index in [1.54, 1.807) is 19.1 Å². The van der Waals surface area contributed by atoms with Gasteiger partial charge in [-0.15, -0.1) is 0 Å². The second-order valence-corrected chi connectivity index (χ2v) is 16.4. The van der Waals surface area contributed by atoms with Crippen LogP contribution in [-0.2, 0) is 22.6 Å². The number of benzene rings is 3. The number of fused-ring (bicyclic) bond motifs is 2. The molecule has 2 bridgehead atoms. The Balaban J connectivity index is 1.23. The second-order valence-electron chi connectivity index (χ2n) is 16.4. The molecule has 1 aliphatic heterocycles. The molecular formula is C43H58N4O6. The normalized spacial score (nSPS) is 27.5. The minimum atomic E-state index is -0.892. The van der Waals surface area contributed by atoms with Gasteiger partial charge in [0.05, 0.1) is 26.4 Å². The lowest BCUT2D eigenvalue weighted by atomic mass is 9.45. The molecule has 4 N–H and O–H groups in total. The van der Waals surface area contributed by atoms with E-state index in [0.717, 1.165) is 28.7 Å². The average Bonchev–Trinajstić information content (AvgIpc) is 3.51. The van der Waals surface area contributed by atoms with E-state index in [0.29, 0.717) is 42.0 Å². The predicted octanol–water partition coefficient (Wildman–Crippen LogP) is 4.93. The minimum absolute atomic E-state index is 0.0443. The lowest BCUT2D eigenvalue weighted by Gasteiger charge is -2.62. The minimum Gasteiger partial charge on any atom is -0.496 e. The molecule has 7 rings (SSSR count). The highest BCUT2D eigenvalue weighted by molar-refractivity contribution is 5.96. The monoisotopic (exact) mass is 726 g/mol. The number of carbonyl (C=O) groups excluding carboxylic acids is 2. The molecule has 3 aromatic carbocycles. The van der Waals surface area contributed by atoms with Gasteiger partial charge in [0.1, 0.15) is 17.9 Å². The van der Waals surface area contributed by atoms with E-state index in [-0.39, 0.29) is 42.5 Å². The zero-order chi connectivity index (χ0) is 38.0. The molecule has 1 heterocycles. The molecular weight excluding hydrogens is 668 g/mol. The van der Waals surface area contributed by atoms with E-state index in [1.165, 1.54) is 6.42 Å². The van der Waals surface area contributed by atoms with E-state index in [9.17, 15) is 19.8 Å². The number of hydrogen-bond donors (Lipinski definition) is 4. The first-order valence-electron chi connectivity index (χ1n) is 19.1. The van der Waals surface area contributed by atoms with E-state index < -0.39 is 24.2 Å². The first-order valence-corrected chi connectivity index (χ1v) is 19.1.